The Morgan fingerprint density at radius 2 is 1.95 bits per heavy atom. The van der Waals surface area contributed by atoms with Gasteiger partial charge in [0.15, 0.2) is 0 Å². The third-order valence-corrected chi connectivity index (χ3v) is 2.80. The molecule has 22 heavy (non-hydrogen) atoms. The number of nitrogens with zero attached hydrogens (tertiary/aromatic N) is 2. The summed E-state index contributed by atoms with van der Waals surface area (Å²) in [7, 11) is 0. The Balaban J connectivity index is 2.13. The van der Waals surface area contributed by atoms with E-state index in [9.17, 15) is 4.79 Å². The average molecular weight is 294 g/mol. The molecule has 0 amide bonds. The van der Waals surface area contributed by atoms with Gasteiger partial charge in [0.2, 0.25) is 0 Å². The van der Waals surface area contributed by atoms with Crippen LogP contribution in [0.25, 0.3) is 4.95 Å². The lowest BCUT2D eigenvalue weighted by Gasteiger charge is -2.06. The van der Waals surface area contributed by atoms with Gasteiger partial charge < -0.3 is 10.4 Å². The Bertz CT molecular complexity index is 720. The largest absolute Gasteiger partial charge is 0.478 e. The Morgan fingerprint density at radius 3 is 2.64 bits per heavy atom. The number of guanidine groups is 1. The van der Waals surface area contributed by atoms with Crippen LogP contribution < -0.4 is 10.7 Å². The summed E-state index contributed by atoms with van der Waals surface area (Å²) in [4.78, 5) is 18.3. The quantitative estimate of drug-likeness (QED) is 0.351. The molecule has 0 heterocycles. The first-order valence-electron chi connectivity index (χ1n) is 6.50. The van der Waals surface area contributed by atoms with E-state index >= 15 is 0 Å². The molecule has 0 aliphatic heterocycles. The van der Waals surface area contributed by atoms with Crippen LogP contribution in [0.4, 0.5) is 5.69 Å². The zero-order valence-electron chi connectivity index (χ0n) is 11.7. The highest BCUT2D eigenvalue weighted by atomic mass is 16.4. The van der Waals surface area contributed by atoms with E-state index in [4.69, 9.17) is 11.7 Å². The van der Waals surface area contributed by atoms with Crippen LogP contribution in [0.2, 0.25) is 0 Å². The first kappa shape index (κ1) is 15.1. The smallest absolute Gasteiger partial charge is 0.335 e. The van der Waals surface area contributed by atoms with Crippen LogP contribution in [0.15, 0.2) is 59.6 Å². The van der Waals surface area contributed by atoms with E-state index in [1.54, 1.807) is 12.1 Å². The summed E-state index contributed by atoms with van der Waals surface area (Å²) in [6.07, 6.45) is 0. The summed E-state index contributed by atoms with van der Waals surface area (Å²) >= 11 is 0. The van der Waals surface area contributed by atoms with Crippen LogP contribution >= 0.6 is 0 Å². The minimum atomic E-state index is -1.01. The maximum atomic E-state index is 11.0. The molecule has 110 valence electrons. The summed E-state index contributed by atoms with van der Waals surface area (Å²) in [6, 6.07) is 15.9. The third kappa shape index (κ3) is 4.35. The molecule has 6 heteroatoms. The number of carboxylic acid groups (broad SMARTS) is 1. The molecule has 0 bridgehead atoms. The molecule has 0 aromatic heterocycles. The van der Waals surface area contributed by atoms with Crippen LogP contribution in [0.3, 0.4) is 0 Å². The summed E-state index contributed by atoms with van der Waals surface area (Å²) in [5, 5.41) is 11.9. The van der Waals surface area contributed by atoms with Crippen molar-refractivity contribution in [3.05, 3.63) is 77.3 Å². The number of aromatic carboxylic acids is 1. The second kappa shape index (κ2) is 7.45. The van der Waals surface area contributed by atoms with Crippen molar-refractivity contribution in [3.8, 4) is 0 Å². The molecular formula is C16H14N4O2. The Labute approximate surface area is 127 Å². The summed E-state index contributed by atoms with van der Waals surface area (Å²) in [6.45, 7) is 7.30. The number of benzene rings is 2. The third-order valence-electron chi connectivity index (χ3n) is 2.80. The number of rotatable bonds is 4. The van der Waals surface area contributed by atoms with Crippen LogP contribution in [0, 0.1) is 6.57 Å². The lowest BCUT2D eigenvalue weighted by atomic mass is 10.2. The number of hydrogen-bond donors (Lipinski definition) is 3. The first-order chi connectivity index (χ1) is 10.7. The van der Waals surface area contributed by atoms with Gasteiger partial charge in [0.25, 0.3) is 5.96 Å². The van der Waals surface area contributed by atoms with E-state index in [0.717, 1.165) is 5.56 Å². The van der Waals surface area contributed by atoms with Gasteiger partial charge in [0, 0.05) is 5.69 Å². The van der Waals surface area contributed by atoms with Crippen LogP contribution in [0.5, 0.6) is 0 Å². The Morgan fingerprint density at radius 1 is 1.18 bits per heavy atom. The Kier molecular flexibility index (Phi) is 5.10. The molecule has 0 radical (unpaired) electrons. The van der Waals surface area contributed by atoms with E-state index < -0.39 is 5.97 Å². The van der Waals surface area contributed by atoms with Gasteiger partial charge >= 0.3 is 5.97 Å². The summed E-state index contributed by atoms with van der Waals surface area (Å²) < 4.78 is 0. The summed E-state index contributed by atoms with van der Waals surface area (Å²) in [5.74, 6) is -0.744. The number of aliphatic imine (C=N–C) groups is 1. The molecular weight excluding hydrogens is 280 g/mol. The van der Waals surface area contributed by atoms with Crippen molar-refractivity contribution in [1.29, 1.82) is 0 Å². The highest BCUT2D eigenvalue weighted by molar-refractivity contribution is 5.95. The van der Waals surface area contributed by atoms with Crippen LogP contribution in [-0.4, -0.2) is 17.0 Å². The van der Waals surface area contributed by atoms with Gasteiger partial charge in [0.1, 0.15) is 0 Å². The van der Waals surface area contributed by atoms with Gasteiger partial charge in [-0.3, -0.25) is 0 Å². The number of carbonyl (C=O) groups is 1. The van der Waals surface area contributed by atoms with Crippen molar-refractivity contribution in [1.82, 2.24) is 5.43 Å². The topological polar surface area (TPSA) is 78.1 Å². The fourth-order valence-electron chi connectivity index (χ4n) is 1.78. The van der Waals surface area contributed by atoms with Gasteiger partial charge in [-0.15, -0.1) is 0 Å². The standard InChI is InChI=1S/C16H14N4O2/c1-17-20-16(18-11-12-6-3-2-4-7-12)19-14-9-5-8-13(10-14)15(21)22/h2-10H,11H2,(H,21,22)(H2,18,19,20). The van der Waals surface area contributed by atoms with Crippen LogP contribution in [-0.2, 0) is 6.54 Å². The van der Waals surface area contributed by atoms with Crippen molar-refractivity contribution >= 4 is 17.6 Å². The number of hydrogen-bond acceptors (Lipinski definition) is 2. The van der Waals surface area contributed by atoms with Crippen LogP contribution in [0.1, 0.15) is 15.9 Å². The fourth-order valence-corrected chi connectivity index (χ4v) is 1.78. The molecule has 2 rings (SSSR count). The molecule has 0 unspecified atom stereocenters. The maximum absolute atomic E-state index is 11.0. The molecule has 0 fully saturated rings. The van der Waals surface area contributed by atoms with Crippen molar-refractivity contribution in [3.63, 3.8) is 0 Å². The highest BCUT2D eigenvalue weighted by Crippen LogP contribution is 2.11. The van der Waals surface area contributed by atoms with Crippen molar-refractivity contribution < 1.29 is 9.90 Å². The maximum Gasteiger partial charge on any atom is 0.335 e. The van der Waals surface area contributed by atoms with Gasteiger partial charge in [-0.2, -0.15) is 11.5 Å². The molecule has 0 aliphatic rings. The molecule has 2 aromatic rings. The van der Waals surface area contributed by atoms with Gasteiger partial charge in [0.05, 0.1) is 12.1 Å². The van der Waals surface area contributed by atoms with E-state index in [0.29, 0.717) is 12.2 Å². The molecule has 0 saturated heterocycles. The van der Waals surface area contributed by atoms with Crippen molar-refractivity contribution in [2.75, 3.05) is 5.32 Å². The predicted molar refractivity (Wildman–Crippen MR) is 84.3 cm³/mol. The molecule has 3 N–H and O–H groups in total. The molecule has 0 spiro atoms. The zero-order valence-corrected chi connectivity index (χ0v) is 11.7. The van der Waals surface area contributed by atoms with Crippen molar-refractivity contribution in [2.45, 2.75) is 6.54 Å². The number of carboxylic acids is 1. The first-order valence-corrected chi connectivity index (χ1v) is 6.50. The average Bonchev–Trinajstić information content (AvgIpc) is 2.54. The minimum Gasteiger partial charge on any atom is -0.478 e. The molecule has 6 nitrogen and oxygen atoms in total. The minimum absolute atomic E-state index is 0.162. The van der Waals surface area contributed by atoms with E-state index in [-0.39, 0.29) is 11.5 Å². The number of anilines is 1. The highest BCUT2D eigenvalue weighted by Gasteiger charge is 2.06. The monoisotopic (exact) mass is 294 g/mol. The normalized spacial score (nSPS) is 10.6. The lowest BCUT2D eigenvalue weighted by Crippen LogP contribution is -2.25. The summed E-state index contributed by atoms with van der Waals surface area (Å²) in [5.41, 5.74) is 4.15. The van der Waals surface area contributed by atoms with Crippen molar-refractivity contribution in [2.24, 2.45) is 4.99 Å². The molecule has 0 atom stereocenters. The van der Waals surface area contributed by atoms with Gasteiger partial charge in [-0.1, -0.05) is 41.8 Å². The fraction of sp³-hybridized carbons (Fsp3) is 0.0625. The second-order valence-corrected chi connectivity index (χ2v) is 4.38. The second-order valence-electron chi connectivity index (χ2n) is 4.38. The Hall–Kier alpha value is -3.33. The number of nitrogens with one attached hydrogen (secondary N) is 2. The predicted octanol–water partition coefficient (Wildman–Crippen LogP) is 2.78. The van der Waals surface area contributed by atoms with E-state index in [1.165, 1.54) is 12.1 Å². The van der Waals surface area contributed by atoms with E-state index in [2.05, 4.69) is 20.7 Å². The van der Waals surface area contributed by atoms with E-state index in [1.807, 2.05) is 30.3 Å². The van der Waals surface area contributed by atoms with Gasteiger partial charge in [-0.05, 0) is 23.8 Å². The molecule has 0 aliphatic carbocycles. The molecule has 2 aromatic carbocycles. The zero-order chi connectivity index (χ0) is 15.8. The molecule has 0 saturated carbocycles. The lowest BCUT2D eigenvalue weighted by molar-refractivity contribution is 0.0697. The van der Waals surface area contributed by atoms with Gasteiger partial charge in [-0.25, -0.2) is 9.79 Å². The SMILES string of the molecule is [C-]#[N+]NC(=NCc1ccccc1)Nc1cccc(C(=O)O)c1.